The predicted molar refractivity (Wildman–Crippen MR) is 79.1 cm³/mol. The zero-order valence-electron chi connectivity index (χ0n) is 11.5. The lowest BCUT2D eigenvalue weighted by Gasteiger charge is -2.02. The second kappa shape index (κ2) is 7.19. The Hall–Kier alpha value is -2.69. The average Bonchev–Trinajstić information content (AvgIpc) is 2.50. The van der Waals surface area contributed by atoms with Crippen LogP contribution in [0.25, 0.3) is 0 Å². The monoisotopic (exact) mass is 286 g/mol. The molecule has 5 heteroatoms. The molecular formula is C16H15FN2O2. The summed E-state index contributed by atoms with van der Waals surface area (Å²) in [7, 11) is 0. The molecule has 1 amide bonds. The van der Waals surface area contributed by atoms with Gasteiger partial charge in [0.15, 0.2) is 0 Å². The van der Waals surface area contributed by atoms with E-state index in [1.807, 2.05) is 31.2 Å². The normalized spacial score (nSPS) is 10.6. The summed E-state index contributed by atoms with van der Waals surface area (Å²) >= 11 is 0. The first kappa shape index (κ1) is 14.7. The molecule has 0 saturated carbocycles. The van der Waals surface area contributed by atoms with Gasteiger partial charge in [0, 0.05) is 5.56 Å². The first-order chi connectivity index (χ1) is 10.2. The first-order valence-corrected chi connectivity index (χ1v) is 6.51. The molecule has 2 rings (SSSR count). The van der Waals surface area contributed by atoms with Crippen molar-refractivity contribution < 1.29 is 13.9 Å². The minimum Gasteiger partial charge on any atom is -0.494 e. The molecule has 2 aromatic rings. The third kappa shape index (κ3) is 4.42. The smallest absolute Gasteiger partial charge is 0.271 e. The van der Waals surface area contributed by atoms with Gasteiger partial charge < -0.3 is 4.74 Å². The number of nitrogens with zero attached hydrogens (tertiary/aromatic N) is 1. The fraction of sp³-hybridized carbons (Fsp3) is 0.125. The SMILES string of the molecule is CCOc1ccc(/C=N\NC(=O)c2ccc(F)cc2)cc1. The molecule has 0 bridgehead atoms. The van der Waals surface area contributed by atoms with Crippen LogP contribution in [0.4, 0.5) is 4.39 Å². The third-order valence-electron chi connectivity index (χ3n) is 2.68. The second-order valence-corrected chi connectivity index (χ2v) is 4.21. The van der Waals surface area contributed by atoms with E-state index < -0.39 is 5.91 Å². The van der Waals surface area contributed by atoms with E-state index in [0.717, 1.165) is 11.3 Å². The lowest BCUT2D eigenvalue weighted by atomic mass is 10.2. The van der Waals surface area contributed by atoms with Crippen LogP contribution in [-0.2, 0) is 0 Å². The maximum absolute atomic E-state index is 12.7. The molecule has 108 valence electrons. The molecule has 0 heterocycles. The summed E-state index contributed by atoms with van der Waals surface area (Å²) in [5, 5.41) is 3.86. The molecule has 0 aromatic heterocycles. The minimum absolute atomic E-state index is 0.347. The highest BCUT2D eigenvalue weighted by Gasteiger charge is 2.03. The number of ether oxygens (including phenoxy) is 1. The molecule has 21 heavy (non-hydrogen) atoms. The largest absolute Gasteiger partial charge is 0.494 e. The van der Waals surface area contributed by atoms with Crippen LogP contribution in [0.3, 0.4) is 0 Å². The maximum Gasteiger partial charge on any atom is 0.271 e. The number of carbonyl (C=O) groups excluding carboxylic acids is 1. The number of hydrogen-bond acceptors (Lipinski definition) is 3. The Bertz CT molecular complexity index is 622. The van der Waals surface area contributed by atoms with Crippen molar-refractivity contribution in [2.75, 3.05) is 6.61 Å². The van der Waals surface area contributed by atoms with Gasteiger partial charge in [-0.2, -0.15) is 5.10 Å². The second-order valence-electron chi connectivity index (χ2n) is 4.21. The molecule has 0 aliphatic carbocycles. The van der Waals surface area contributed by atoms with Crippen LogP contribution in [-0.4, -0.2) is 18.7 Å². The van der Waals surface area contributed by atoms with Crippen LogP contribution < -0.4 is 10.2 Å². The van der Waals surface area contributed by atoms with Crippen LogP contribution in [0, 0.1) is 5.82 Å². The highest BCUT2D eigenvalue weighted by molar-refractivity contribution is 5.94. The molecule has 0 spiro atoms. The zero-order chi connectivity index (χ0) is 15.1. The highest BCUT2D eigenvalue weighted by Crippen LogP contribution is 2.10. The van der Waals surface area contributed by atoms with Crippen molar-refractivity contribution in [2.45, 2.75) is 6.92 Å². The zero-order valence-corrected chi connectivity index (χ0v) is 11.5. The van der Waals surface area contributed by atoms with E-state index in [0.29, 0.717) is 12.2 Å². The molecule has 0 aliphatic heterocycles. The fourth-order valence-electron chi connectivity index (χ4n) is 1.65. The quantitative estimate of drug-likeness (QED) is 0.678. The molecule has 2 aromatic carbocycles. The van der Waals surface area contributed by atoms with Crippen molar-refractivity contribution in [2.24, 2.45) is 5.10 Å². The van der Waals surface area contributed by atoms with Crippen molar-refractivity contribution in [1.29, 1.82) is 0 Å². The number of amides is 1. The van der Waals surface area contributed by atoms with Gasteiger partial charge in [0.2, 0.25) is 0 Å². The molecular weight excluding hydrogens is 271 g/mol. The van der Waals surface area contributed by atoms with E-state index in [1.54, 1.807) is 0 Å². The Balaban J connectivity index is 1.92. The summed E-state index contributed by atoms with van der Waals surface area (Å²) in [6.07, 6.45) is 1.52. The van der Waals surface area contributed by atoms with Crippen LogP contribution in [0.15, 0.2) is 53.6 Å². The molecule has 0 radical (unpaired) electrons. The maximum atomic E-state index is 12.7. The lowest BCUT2D eigenvalue weighted by molar-refractivity contribution is 0.0955. The Morgan fingerprint density at radius 3 is 2.48 bits per heavy atom. The number of hydrogen-bond donors (Lipinski definition) is 1. The third-order valence-corrected chi connectivity index (χ3v) is 2.68. The van der Waals surface area contributed by atoms with Gasteiger partial charge in [0.25, 0.3) is 5.91 Å². The Morgan fingerprint density at radius 1 is 1.19 bits per heavy atom. The fourth-order valence-corrected chi connectivity index (χ4v) is 1.65. The molecule has 0 unspecified atom stereocenters. The summed E-state index contributed by atoms with van der Waals surface area (Å²) in [6.45, 7) is 2.53. The van der Waals surface area contributed by atoms with E-state index in [2.05, 4.69) is 10.5 Å². The number of halogens is 1. The van der Waals surface area contributed by atoms with Gasteiger partial charge in [-0.3, -0.25) is 4.79 Å². The van der Waals surface area contributed by atoms with E-state index >= 15 is 0 Å². The average molecular weight is 286 g/mol. The first-order valence-electron chi connectivity index (χ1n) is 6.51. The van der Waals surface area contributed by atoms with Gasteiger partial charge in [0.1, 0.15) is 11.6 Å². The molecule has 0 fully saturated rings. The highest BCUT2D eigenvalue weighted by atomic mass is 19.1. The van der Waals surface area contributed by atoms with Crippen molar-refractivity contribution in [1.82, 2.24) is 5.43 Å². The molecule has 0 atom stereocenters. The molecule has 4 nitrogen and oxygen atoms in total. The topological polar surface area (TPSA) is 50.7 Å². The lowest BCUT2D eigenvalue weighted by Crippen LogP contribution is -2.17. The Labute approximate surface area is 122 Å². The van der Waals surface area contributed by atoms with Crippen molar-refractivity contribution in [3.05, 3.63) is 65.5 Å². The van der Waals surface area contributed by atoms with E-state index in [-0.39, 0.29) is 5.82 Å². The van der Waals surface area contributed by atoms with Gasteiger partial charge in [-0.1, -0.05) is 0 Å². The van der Waals surface area contributed by atoms with Gasteiger partial charge in [0.05, 0.1) is 12.8 Å². The van der Waals surface area contributed by atoms with Gasteiger partial charge >= 0.3 is 0 Å². The van der Waals surface area contributed by atoms with Crippen molar-refractivity contribution in [3.8, 4) is 5.75 Å². The standard InChI is InChI=1S/C16H15FN2O2/c1-2-21-15-9-3-12(4-10-15)11-18-19-16(20)13-5-7-14(17)8-6-13/h3-11H,2H2,1H3,(H,19,20)/b18-11-. The summed E-state index contributed by atoms with van der Waals surface area (Å²) in [5.74, 6) is 0.00613. The van der Waals surface area contributed by atoms with Crippen LogP contribution in [0.2, 0.25) is 0 Å². The predicted octanol–water partition coefficient (Wildman–Crippen LogP) is 2.99. The number of rotatable bonds is 5. The van der Waals surface area contributed by atoms with Crippen molar-refractivity contribution >= 4 is 12.1 Å². The summed E-state index contributed by atoms with van der Waals surface area (Å²) in [6, 6.07) is 12.6. The Kier molecular flexibility index (Phi) is 5.04. The molecule has 1 N–H and O–H groups in total. The summed E-state index contributed by atoms with van der Waals surface area (Å²) in [5.41, 5.74) is 3.56. The van der Waals surface area contributed by atoms with Gasteiger partial charge in [-0.05, 0) is 61.0 Å². The molecule has 0 aliphatic rings. The van der Waals surface area contributed by atoms with E-state index in [9.17, 15) is 9.18 Å². The van der Waals surface area contributed by atoms with Gasteiger partial charge in [-0.25, -0.2) is 9.82 Å². The summed E-state index contributed by atoms with van der Waals surface area (Å²) in [4.78, 5) is 11.7. The van der Waals surface area contributed by atoms with Crippen LogP contribution >= 0.6 is 0 Å². The number of benzene rings is 2. The van der Waals surface area contributed by atoms with Crippen molar-refractivity contribution in [3.63, 3.8) is 0 Å². The van der Waals surface area contributed by atoms with E-state index in [4.69, 9.17) is 4.74 Å². The molecule has 0 saturated heterocycles. The number of carbonyl (C=O) groups is 1. The van der Waals surface area contributed by atoms with Crippen LogP contribution in [0.1, 0.15) is 22.8 Å². The van der Waals surface area contributed by atoms with E-state index in [1.165, 1.54) is 30.5 Å². The number of hydrazone groups is 1. The van der Waals surface area contributed by atoms with Crippen LogP contribution in [0.5, 0.6) is 5.75 Å². The number of nitrogens with one attached hydrogen (secondary N) is 1. The van der Waals surface area contributed by atoms with Gasteiger partial charge in [-0.15, -0.1) is 0 Å². The Morgan fingerprint density at radius 2 is 1.86 bits per heavy atom. The summed E-state index contributed by atoms with van der Waals surface area (Å²) < 4.78 is 18.1. The minimum atomic E-state index is -0.391.